The van der Waals surface area contributed by atoms with Crippen LogP contribution in [0.5, 0.6) is 11.5 Å². The van der Waals surface area contributed by atoms with Crippen LogP contribution in [-0.2, 0) is 28.8 Å². The average Bonchev–Trinajstić information content (AvgIpc) is 2.10. The van der Waals surface area contributed by atoms with E-state index in [1.165, 1.54) is 43.3 Å². The highest BCUT2D eigenvalue weighted by atomic mass is 16.5. The molecule has 7 rings (SSSR count). The van der Waals surface area contributed by atoms with Crippen LogP contribution in [0.1, 0.15) is 81.8 Å². The molecule has 17 N–H and O–H groups in total. The average molecular weight is 1230 g/mol. The van der Waals surface area contributed by atoms with Crippen LogP contribution < -0.4 is 47.7 Å². The number of aliphatic hydroxyl groups excluding tert-OH is 7. The maximum absolute atomic E-state index is 14.8. The fourth-order valence-electron chi connectivity index (χ4n) is 11.0. The second-order valence-electron chi connectivity index (χ2n) is 22.8. The SMILES string of the molecule is CCCCCOc1ccc(-c2ccc(-c3ccc(C(=O)N[C@H]4C[C@@H](O)C(NCCNCCN)NC(=O)C5[C@@H](O)[C@@H](C)CN5C(=O)C([C@@H](C)O)NC(=O)C([C@H](O)[C@@H](O)c5ccc(O)cc5)NC(=O)C5C[C@@H](O)CN5C(=O)C([C@@H](C)O)NC4=O)cc3)cc2)cc1. The molecular formula is C62H84N10O16. The van der Waals surface area contributed by atoms with Gasteiger partial charge in [0.2, 0.25) is 35.4 Å². The van der Waals surface area contributed by atoms with Gasteiger partial charge in [-0.25, -0.2) is 0 Å². The lowest BCUT2D eigenvalue weighted by Gasteiger charge is -2.34. The summed E-state index contributed by atoms with van der Waals surface area (Å²) < 4.78 is 5.87. The van der Waals surface area contributed by atoms with E-state index >= 15 is 0 Å². The Balaban J connectivity index is 1.22. The summed E-state index contributed by atoms with van der Waals surface area (Å²) >= 11 is 0. The maximum atomic E-state index is 14.8. The van der Waals surface area contributed by atoms with Crippen LogP contribution in [-0.4, -0.2) is 217 Å². The normalized spacial score (nSPS) is 26.5. The van der Waals surface area contributed by atoms with Gasteiger partial charge in [-0.2, -0.15) is 0 Å². The van der Waals surface area contributed by atoms with Gasteiger partial charge in [0.1, 0.15) is 66.1 Å². The van der Waals surface area contributed by atoms with Gasteiger partial charge in [-0.05, 0) is 84.5 Å². The number of phenolic OH excluding ortho intramolecular Hbond substituents is 1. The lowest BCUT2D eigenvalue weighted by Crippen LogP contribution is -2.64. The van der Waals surface area contributed by atoms with Crippen LogP contribution in [0.15, 0.2) is 97.1 Å². The standard InChI is InChI=1S/C62H84N10O16/c1-5-6-7-28-88-44-22-18-39(19-23-44)37-10-8-36(9-11-37)38-12-14-41(15-13-38)56(81)66-45-30-47(77)55(65-27-26-64-25-24-63)70-60(85)51-52(78)33(2)31-72(51)62(87)49(35(4)74)68-59(84)50(54(80)53(79)40-16-20-42(75)21-17-40)69-58(83)46-29-43(76)32-71(46)61(86)48(34(3)73)67-57(45)82/h8-23,33-35,43,45-55,64-65,73-80H,5-7,24-32,63H2,1-4H3,(H,66,81)(H,67,82)(H,68,84)(H,69,83)(H,70,85)/t33-,34+,35+,43+,45-,46?,47+,48?,49?,50?,51?,52-,53-,54-,55?/m0/s1. The molecule has 4 aromatic rings. The van der Waals surface area contributed by atoms with Gasteiger partial charge >= 0.3 is 0 Å². The van der Waals surface area contributed by atoms with Crippen LogP contribution in [0.4, 0.5) is 0 Å². The van der Waals surface area contributed by atoms with Crippen molar-refractivity contribution in [2.45, 2.75) is 145 Å². The third-order valence-corrected chi connectivity index (χ3v) is 16.1. The molecule has 6 unspecified atom stereocenters. The summed E-state index contributed by atoms with van der Waals surface area (Å²) in [4.78, 5) is 104. The summed E-state index contributed by atoms with van der Waals surface area (Å²) in [6.45, 7) is 6.55. The number of aromatic hydroxyl groups is 1. The van der Waals surface area contributed by atoms with Crippen molar-refractivity contribution in [2.24, 2.45) is 11.7 Å². The molecule has 0 saturated carbocycles. The molecular weight excluding hydrogens is 1140 g/mol. The van der Waals surface area contributed by atoms with Crippen LogP contribution in [0.3, 0.4) is 0 Å². The van der Waals surface area contributed by atoms with Crippen molar-refractivity contribution in [2.75, 3.05) is 45.9 Å². The molecule has 88 heavy (non-hydrogen) atoms. The van der Waals surface area contributed by atoms with Crippen molar-refractivity contribution in [1.29, 1.82) is 0 Å². The molecule has 7 amide bonds. The Morgan fingerprint density at radius 1 is 0.659 bits per heavy atom. The van der Waals surface area contributed by atoms with Crippen molar-refractivity contribution >= 4 is 41.4 Å². The Bertz CT molecular complexity index is 2990. The minimum atomic E-state index is -2.29. The zero-order chi connectivity index (χ0) is 63.9. The molecule has 0 spiro atoms. The number of benzene rings is 4. The van der Waals surface area contributed by atoms with Crippen molar-refractivity contribution < 1.29 is 79.2 Å². The first-order valence-corrected chi connectivity index (χ1v) is 29.8. The second kappa shape index (κ2) is 31.5. The minimum Gasteiger partial charge on any atom is -0.508 e. The number of carbonyl (C=O) groups excluding carboxylic acids is 7. The number of amides is 7. The largest absolute Gasteiger partial charge is 0.508 e. The highest BCUT2D eigenvalue weighted by molar-refractivity contribution is 6.00. The smallest absolute Gasteiger partial charge is 0.251 e. The Labute approximate surface area is 510 Å². The first-order chi connectivity index (χ1) is 42.0. The predicted octanol–water partition coefficient (Wildman–Crippen LogP) is -1.78. The van der Waals surface area contributed by atoms with Gasteiger partial charge in [-0.15, -0.1) is 0 Å². The van der Waals surface area contributed by atoms with Crippen molar-refractivity contribution in [3.8, 4) is 33.8 Å². The molecule has 26 heteroatoms. The second-order valence-corrected chi connectivity index (χ2v) is 22.8. The number of rotatable bonds is 20. The highest BCUT2D eigenvalue weighted by Gasteiger charge is 2.50. The van der Waals surface area contributed by atoms with Crippen LogP contribution >= 0.6 is 0 Å². The Morgan fingerprint density at radius 2 is 1.22 bits per heavy atom. The summed E-state index contributed by atoms with van der Waals surface area (Å²) in [5.74, 6) is -8.16. The molecule has 3 aliphatic heterocycles. The van der Waals surface area contributed by atoms with Gasteiger partial charge in [0.15, 0.2) is 0 Å². The van der Waals surface area contributed by atoms with Crippen LogP contribution in [0.2, 0.25) is 0 Å². The summed E-state index contributed by atoms with van der Waals surface area (Å²) in [5, 5.41) is 109. The van der Waals surface area contributed by atoms with E-state index in [1.54, 1.807) is 12.1 Å². The summed E-state index contributed by atoms with van der Waals surface area (Å²) in [6.07, 6.45) is -12.3. The van der Waals surface area contributed by atoms with E-state index in [-0.39, 0.29) is 43.1 Å². The van der Waals surface area contributed by atoms with E-state index in [0.717, 1.165) is 70.9 Å². The number of nitrogens with one attached hydrogen (secondary N) is 7. The van der Waals surface area contributed by atoms with Crippen molar-refractivity contribution in [3.63, 3.8) is 0 Å². The van der Waals surface area contributed by atoms with E-state index in [4.69, 9.17) is 10.5 Å². The minimum absolute atomic E-state index is 0.0210. The number of aliphatic hydroxyl groups is 7. The molecule has 26 nitrogen and oxygen atoms in total. The van der Waals surface area contributed by atoms with Crippen molar-refractivity contribution in [1.82, 2.24) is 47.0 Å². The topological polar surface area (TPSA) is 407 Å². The fraction of sp³-hybridized carbons (Fsp3) is 0.500. The Hall–Kier alpha value is -7.63. The van der Waals surface area contributed by atoms with Crippen LogP contribution in [0.25, 0.3) is 22.3 Å². The lowest BCUT2D eigenvalue weighted by molar-refractivity contribution is -0.148. The Morgan fingerprint density at radius 3 is 1.80 bits per heavy atom. The quantitative estimate of drug-likeness (QED) is 0.0435. The van der Waals surface area contributed by atoms with Gasteiger partial charge in [-0.1, -0.05) is 87.4 Å². The van der Waals surface area contributed by atoms with Gasteiger partial charge in [0.25, 0.3) is 5.91 Å². The Kier molecular flexibility index (Phi) is 24.3. The van der Waals surface area contributed by atoms with E-state index in [0.29, 0.717) is 13.2 Å². The third-order valence-electron chi connectivity index (χ3n) is 16.1. The molecule has 0 aromatic heterocycles. The summed E-state index contributed by atoms with van der Waals surface area (Å²) in [7, 11) is 0. The number of ether oxygens (including phenoxy) is 1. The number of phenols is 1. The van der Waals surface area contributed by atoms with E-state index < -0.39 is 152 Å². The van der Waals surface area contributed by atoms with Gasteiger partial charge in [0, 0.05) is 63.6 Å². The molecule has 478 valence electrons. The molecule has 3 fully saturated rings. The molecule has 4 aromatic carbocycles. The number of hydrogen-bond donors (Lipinski definition) is 16. The molecule has 15 atom stereocenters. The number of fused-ring (bicyclic) bond motifs is 2. The first kappa shape index (κ1) is 67.9. The lowest BCUT2D eigenvalue weighted by atomic mass is 9.96. The van der Waals surface area contributed by atoms with Gasteiger partial charge in [-0.3, -0.25) is 38.9 Å². The van der Waals surface area contributed by atoms with E-state index in [9.17, 15) is 74.4 Å². The number of unbranched alkanes of at least 4 members (excludes halogenated alkanes) is 2. The zero-order valence-corrected chi connectivity index (χ0v) is 49.7. The summed E-state index contributed by atoms with van der Waals surface area (Å²) in [6, 6.07) is 15.3. The number of nitrogens with zero attached hydrogens (tertiary/aromatic N) is 2. The molecule has 3 saturated heterocycles. The first-order valence-electron chi connectivity index (χ1n) is 29.8. The maximum Gasteiger partial charge on any atom is 0.251 e. The molecule has 0 bridgehead atoms. The molecule has 3 heterocycles. The summed E-state index contributed by atoms with van der Waals surface area (Å²) in [5.41, 5.74) is 9.15. The zero-order valence-electron chi connectivity index (χ0n) is 49.7. The monoisotopic (exact) mass is 1220 g/mol. The number of carbonyl (C=O) groups is 7. The number of nitrogens with two attached hydrogens (primary N) is 1. The number of hydrogen-bond acceptors (Lipinski definition) is 19. The fourth-order valence-corrected chi connectivity index (χ4v) is 11.0. The van der Waals surface area contributed by atoms with Crippen molar-refractivity contribution in [3.05, 3.63) is 108 Å². The van der Waals surface area contributed by atoms with E-state index in [1.807, 2.05) is 48.5 Å². The molecule has 3 aliphatic rings. The van der Waals surface area contributed by atoms with Crippen LogP contribution in [0, 0.1) is 5.92 Å². The molecule has 0 radical (unpaired) electrons. The molecule has 0 aliphatic carbocycles. The third kappa shape index (κ3) is 17.2. The predicted molar refractivity (Wildman–Crippen MR) is 321 cm³/mol. The highest BCUT2D eigenvalue weighted by Crippen LogP contribution is 2.30. The van der Waals surface area contributed by atoms with Gasteiger partial charge in [0.05, 0.1) is 37.1 Å². The van der Waals surface area contributed by atoms with E-state index in [2.05, 4.69) is 44.1 Å². The van der Waals surface area contributed by atoms with Gasteiger partial charge < -0.3 is 93.0 Å².